The van der Waals surface area contributed by atoms with Gasteiger partial charge in [0.1, 0.15) is 5.69 Å². The van der Waals surface area contributed by atoms with E-state index in [1.54, 1.807) is 12.1 Å². The number of benzene rings is 1. The van der Waals surface area contributed by atoms with Crippen molar-refractivity contribution in [2.24, 2.45) is 5.73 Å². The van der Waals surface area contributed by atoms with Crippen molar-refractivity contribution in [2.75, 3.05) is 12.1 Å². The molecule has 0 saturated heterocycles. The summed E-state index contributed by atoms with van der Waals surface area (Å²) in [6, 6.07) is 3.42. The van der Waals surface area contributed by atoms with Crippen LogP contribution in [-0.2, 0) is 0 Å². The van der Waals surface area contributed by atoms with Gasteiger partial charge in [0, 0.05) is 0 Å². The molecule has 1 aliphatic rings. The van der Waals surface area contributed by atoms with E-state index in [2.05, 4.69) is 5.32 Å². The first-order valence-electron chi connectivity index (χ1n) is 3.83. The number of hydrogen-bond acceptors (Lipinski definition) is 3. The molecular formula is C8H7ClN2O2S. The molecule has 14 heavy (non-hydrogen) atoms. The zero-order valence-electron chi connectivity index (χ0n) is 7.04. The van der Waals surface area contributed by atoms with Crippen LogP contribution < -0.4 is 20.5 Å². The SMILES string of the molecule is NC(=S)Nc1c(Cl)ccc2c1OCO2. The van der Waals surface area contributed by atoms with Gasteiger partial charge in [-0.3, -0.25) is 0 Å². The summed E-state index contributed by atoms with van der Waals surface area (Å²) in [6.45, 7) is 0.182. The van der Waals surface area contributed by atoms with Crippen molar-refractivity contribution in [3.8, 4) is 11.5 Å². The maximum absolute atomic E-state index is 5.94. The fourth-order valence-electron chi connectivity index (χ4n) is 1.19. The first kappa shape index (κ1) is 9.36. The van der Waals surface area contributed by atoms with Crippen LogP contribution in [0.4, 0.5) is 5.69 Å². The average molecular weight is 231 g/mol. The van der Waals surface area contributed by atoms with E-state index in [0.717, 1.165) is 0 Å². The highest BCUT2D eigenvalue weighted by molar-refractivity contribution is 7.80. The van der Waals surface area contributed by atoms with Gasteiger partial charge in [-0.15, -0.1) is 0 Å². The Kier molecular flexibility index (Phi) is 2.35. The second-order valence-electron chi connectivity index (χ2n) is 2.65. The second-order valence-corrected chi connectivity index (χ2v) is 3.49. The van der Waals surface area contributed by atoms with E-state index < -0.39 is 0 Å². The van der Waals surface area contributed by atoms with E-state index in [4.69, 9.17) is 39.0 Å². The fraction of sp³-hybridized carbons (Fsp3) is 0.125. The van der Waals surface area contributed by atoms with Crippen molar-refractivity contribution in [1.29, 1.82) is 0 Å². The van der Waals surface area contributed by atoms with Crippen molar-refractivity contribution >= 4 is 34.6 Å². The maximum atomic E-state index is 5.94. The Labute approximate surface area is 90.9 Å². The van der Waals surface area contributed by atoms with Gasteiger partial charge in [0.25, 0.3) is 0 Å². The van der Waals surface area contributed by atoms with Gasteiger partial charge < -0.3 is 20.5 Å². The molecule has 0 amide bonds. The van der Waals surface area contributed by atoms with Crippen LogP contribution in [0, 0.1) is 0 Å². The summed E-state index contributed by atoms with van der Waals surface area (Å²) in [6.07, 6.45) is 0. The minimum atomic E-state index is 0.135. The van der Waals surface area contributed by atoms with Crippen LogP contribution in [-0.4, -0.2) is 11.9 Å². The Morgan fingerprint density at radius 1 is 1.50 bits per heavy atom. The van der Waals surface area contributed by atoms with Crippen LogP contribution in [0.3, 0.4) is 0 Å². The average Bonchev–Trinajstić information content (AvgIpc) is 2.57. The molecule has 0 spiro atoms. The lowest BCUT2D eigenvalue weighted by atomic mass is 10.2. The molecule has 74 valence electrons. The highest BCUT2D eigenvalue weighted by Gasteiger charge is 2.20. The van der Waals surface area contributed by atoms with Crippen LogP contribution in [0.2, 0.25) is 5.02 Å². The number of halogens is 1. The smallest absolute Gasteiger partial charge is 0.231 e. The molecule has 0 saturated carbocycles. The van der Waals surface area contributed by atoms with E-state index in [1.165, 1.54) is 0 Å². The molecule has 3 N–H and O–H groups in total. The van der Waals surface area contributed by atoms with E-state index in [1.807, 2.05) is 0 Å². The van der Waals surface area contributed by atoms with Crippen LogP contribution in [0.15, 0.2) is 12.1 Å². The predicted octanol–water partition coefficient (Wildman–Crippen LogP) is 1.72. The van der Waals surface area contributed by atoms with E-state index in [0.29, 0.717) is 22.2 Å². The van der Waals surface area contributed by atoms with Crippen molar-refractivity contribution < 1.29 is 9.47 Å². The number of nitrogens with two attached hydrogens (primary N) is 1. The minimum Gasteiger partial charge on any atom is -0.454 e. The lowest BCUT2D eigenvalue weighted by molar-refractivity contribution is 0.174. The molecule has 1 aromatic rings. The zero-order valence-corrected chi connectivity index (χ0v) is 8.61. The zero-order chi connectivity index (χ0) is 10.1. The standard InChI is InChI=1S/C8H7ClN2O2S/c9-4-1-2-5-7(13-3-12-5)6(4)11-8(10)14/h1-2H,3H2,(H3,10,11,14). The van der Waals surface area contributed by atoms with Gasteiger partial charge in [-0.25, -0.2) is 0 Å². The largest absolute Gasteiger partial charge is 0.454 e. The third-order valence-corrected chi connectivity index (χ3v) is 2.15. The summed E-state index contributed by atoms with van der Waals surface area (Å²) < 4.78 is 10.4. The summed E-state index contributed by atoms with van der Waals surface area (Å²) in [5.74, 6) is 1.18. The van der Waals surface area contributed by atoms with Crippen molar-refractivity contribution in [2.45, 2.75) is 0 Å². The van der Waals surface area contributed by atoms with E-state index in [9.17, 15) is 0 Å². The number of nitrogens with one attached hydrogen (secondary N) is 1. The molecule has 0 fully saturated rings. The summed E-state index contributed by atoms with van der Waals surface area (Å²) in [7, 11) is 0. The normalized spacial score (nSPS) is 12.6. The quantitative estimate of drug-likeness (QED) is 0.720. The molecule has 6 heteroatoms. The molecular weight excluding hydrogens is 224 g/mol. The minimum absolute atomic E-state index is 0.135. The van der Waals surface area contributed by atoms with Crippen molar-refractivity contribution in [1.82, 2.24) is 0 Å². The van der Waals surface area contributed by atoms with Crippen LogP contribution in [0.25, 0.3) is 0 Å². The molecule has 0 radical (unpaired) electrons. The van der Waals surface area contributed by atoms with Crippen molar-refractivity contribution in [3.05, 3.63) is 17.2 Å². The highest BCUT2D eigenvalue weighted by atomic mass is 35.5. The Morgan fingerprint density at radius 2 is 2.29 bits per heavy atom. The lowest BCUT2D eigenvalue weighted by Gasteiger charge is -2.08. The number of rotatable bonds is 1. The Balaban J connectivity index is 2.46. The first-order chi connectivity index (χ1) is 6.68. The van der Waals surface area contributed by atoms with Crippen LogP contribution in [0.1, 0.15) is 0 Å². The summed E-state index contributed by atoms with van der Waals surface area (Å²) >= 11 is 10.7. The van der Waals surface area contributed by atoms with Crippen LogP contribution in [0.5, 0.6) is 11.5 Å². The number of fused-ring (bicyclic) bond motifs is 1. The topological polar surface area (TPSA) is 56.5 Å². The Morgan fingerprint density at radius 3 is 3.00 bits per heavy atom. The van der Waals surface area contributed by atoms with E-state index in [-0.39, 0.29) is 11.9 Å². The molecule has 1 aliphatic heterocycles. The Bertz CT molecular complexity index is 397. The van der Waals surface area contributed by atoms with Gasteiger partial charge in [0.15, 0.2) is 16.6 Å². The fourth-order valence-corrected chi connectivity index (χ4v) is 1.49. The molecule has 0 aromatic heterocycles. The molecule has 0 aliphatic carbocycles. The number of anilines is 1. The number of hydrogen-bond donors (Lipinski definition) is 2. The number of thiocarbonyl (C=S) groups is 1. The van der Waals surface area contributed by atoms with Gasteiger partial charge in [-0.1, -0.05) is 11.6 Å². The summed E-state index contributed by atoms with van der Waals surface area (Å²) in [5.41, 5.74) is 5.90. The molecule has 0 unspecified atom stereocenters. The summed E-state index contributed by atoms with van der Waals surface area (Å²) in [4.78, 5) is 0. The van der Waals surface area contributed by atoms with Crippen molar-refractivity contribution in [3.63, 3.8) is 0 Å². The molecule has 2 rings (SSSR count). The van der Waals surface area contributed by atoms with Gasteiger partial charge in [0.05, 0.1) is 5.02 Å². The third-order valence-electron chi connectivity index (χ3n) is 1.74. The molecule has 1 aromatic carbocycles. The van der Waals surface area contributed by atoms with E-state index >= 15 is 0 Å². The Hall–Kier alpha value is -1.20. The van der Waals surface area contributed by atoms with Gasteiger partial charge in [-0.05, 0) is 24.4 Å². The first-order valence-corrected chi connectivity index (χ1v) is 4.61. The second kappa shape index (κ2) is 3.51. The van der Waals surface area contributed by atoms with Gasteiger partial charge >= 0.3 is 0 Å². The monoisotopic (exact) mass is 230 g/mol. The lowest BCUT2D eigenvalue weighted by Crippen LogP contribution is -2.19. The molecule has 0 bridgehead atoms. The molecule has 1 heterocycles. The predicted molar refractivity (Wildman–Crippen MR) is 58.0 cm³/mol. The van der Waals surface area contributed by atoms with Gasteiger partial charge in [0.2, 0.25) is 6.79 Å². The number of ether oxygens (including phenoxy) is 2. The highest BCUT2D eigenvalue weighted by Crippen LogP contribution is 2.43. The van der Waals surface area contributed by atoms with Gasteiger partial charge in [-0.2, -0.15) is 0 Å². The molecule has 4 nitrogen and oxygen atoms in total. The van der Waals surface area contributed by atoms with Crippen LogP contribution >= 0.6 is 23.8 Å². The third kappa shape index (κ3) is 1.56. The molecule has 0 atom stereocenters. The summed E-state index contributed by atoms with van der Waals surface area (Å²) in [5, 5.41) is 3.37. The maximum Gasteiger partial charge on any atom is 0.231 e.